The van der Waals surface area contributed by atoms with Crippen molar-refractivity contribution in [1.29, 1.82) is 0 Å². The molecule has 0 fully saturated rings. The predicted molar refractivity (Wildman–Crippen MR) is 173 cm³/mol. The van der Waals surface area contributed by atoms with Crippen LogP contribution in [0, 0.1) is 0 Å². The topological polar surface area (TPSA) is 130 Å². The first-order chi connectivity index (χ1) is 21.0. The van der Waals surface area contributed by atoms with Gasteiger partial charge in [0, 0.05) is 37.1 Å². The van der Waals surface area contributed by atoms with Gasteiger partial charge < -0.3 is 14.6 Å². The SMILES string of the molecule is CCCc1nc2c(n1Cc1ccc(-c3ccccc3-c3nnn[nH]3)cc1)C1C(O)=C(C(=O)c3ccccc3)C(=O)N1CC2.[NaH].[NaH]. The molecule has 7 rings (SSSR count). The van der Waals surface area contributed by atoms with E-state index < -0.39 is 17.7 Å². The van der Waals surface area contributed by atoms with Crippen LogP contribution in [-0.4, -0.2) is 118 Å². The van der Waals surface area contributed by atoms with Crippen LogP contribution >= 0.6 is 0 Å². The quantitative estimate of drug-likeness (QED) is 0.154. The number of hydrogen-bond donors (Lipinski definition) is 2. The number of aliphatic hydroxyl groups is 1. The molecule has 12 heteroatoms. The van der Waals surface area contributed by atoms with E-state index in [-0.39, 0.29) is 70.4 Å². The molecule has 10 nitrogen and oxygen atoms in total. The maximum atomic E-state index is 13.5. The van der Waals surface area contributed by atoms with Crippen LogP contribution in [0.15, 0.2) is 90.2 Å². The number of benzene rings is 3. The molecule has 1 unspecified atom stereocenters. The number of aromatic nitrogens is 6. The Morgan fingerprint density at radius 2 is 1.69 bits per heavy atom. The molecule has 1 amide bonds. The summed E-state index contributed by atoms with van der Waals surface area (Å²) in [6.45, 7) is 3.01. The van der Waals surface area contributed by atoms with E-state index >= 15 is 0 Å². The molecule has 2 aromatic heterocycles. The number of fused-ring (bicyclic) bond motifs is 3. The van der Waals surface area contributed by atoms with Crippen molar-refractivity contribution in [3.63, 3.8) is 0 Å². The molecular weight excluding hydrogens is 588 g/mol. The van der Waals surface area contributed by atoms with Gasteiger partial charge in [-0.25, -0.2) is 10.1 Å². The molecule has 0 bridgehead atoms. The second-order valence-corrected chi connectivity index (χ2v) is 10.8. The zero-order chi connectivity index (χ0) is 29.5. The third-order valence-electron chi connectivity index (χ3n) is 8.18. The van der Waals surface area contributed by atoms with Crippen LogP contribution in [0.4, 0.5) is 0 Å². The number of aryl methyl sites for hydroxylation is 1. The number of hydrogen-bond acceptors (Lipinski definition) is 7. The number of H-pyrrole nitrogens is 1. The number of tetrazole rings is 1. The first-order valence-electron chi connectivity index (χ1n) is 14.4. The fourth-order valence-electron chi connectivity index (χ4n) is 6.17. The number of nitrogens with one attached hydrogen (secondary N) is 1. The number of nitrogens with zero attached hydrogens (tertiary/aromatic N) is 6. The van der Waals surface area contributed by atoms with Crippen molar-refractivity contribution in [1.82, 2.24) is 35.1 Å². The normalized spacial score (nSPS) is 15.3. The minimum atomic E-state index is -0.737. The van der Waals surface area contributed by atoms with Gasteiger partial charge in [-0.05, 0) is 33.5 Å². The molecule has 1 atom stereocenters. The number of rotatable bonds is 8. The number of carbonyl (C=O) groups excluding carboxylic acids is 2. The number of aromatic amines is 1. The summed E-state index contributed by atoms with van der Waals surface area (Å²) in [5.74, 6) is 0.415. The molecule has 2 N–H and O–H groups in total. The maximum absolute atomic E-state index is 13.5. The Morgan fingerprint density at radius 1 is 0.978 bits per heavy atom. The molecule has 0 spiro atoms. The predicted octanol–water partition coefficient (Wildman–Crippen LogP) is 3.57. The van der Waals surface area contributed by atoms with Crippen LogP contribution in [0.1, 0.15) is 52.5 Å². The van der Waals surface area contributed by atoms with Crippen molar-refractivity contribution in [2.75, 3.05) is 6.54 Å². The van der Waals surface area contributed by atoms with Gasteiger partial charge in [-0.3, -0.25) is 9.59 Å². The number of aliphatic hydroxyl groups excluding tert-OH is 1. The van der Waals surface area contributed by atoms with Crippen LogP contribution in [0.5, 0.6) is 0 Å². The molecule has 2 aliphatic heterocycles. The molecular formula is C33H31N7Na2O3. The van der Waals surface area contributed by atoms with E-state index in [2.05, 4.69) is 56.4 Å². The van der Waals surface area contributed by atoms with E-state index in [1.54, 1.807) is 29.2 Å². The van der Waals surface area contributed by atoms with Crippen molar-refractivity contribution >= 4 is 70.8 Å². The van der Waals surface area contributed by atoms with E-state index in [4.69, 9.17) is 4.98 Å². The first-order valence-corrected chi connectivity index (χ1v) is 14.4. The van der Waals surface area contributed by atoms with Gasteiger partial charge in [0.1, 0.15) is 23.2 Å². The Labute approximate surface area is 304 Å². The number of Topliss-reactive ketones (excluding diaryl/α,β-unsaturated/α-hetero) is 1. The van der Waals surface area contributed by atoms with Gasteiger partial charge in [-0.1, -0.05) is 85.8 Å². The average Bonchev–Trinajstić information content (AvgIpc) is 3.76. The molecule has 45 heavy (non-hydrogen) atoms. The molecule has 2 aliphatic rings. The Morgan fingerprint density at radius 3 is 2.38 bits per heavy atom. The molecule has 5 aromatic rings. The molecule has 3 aromatic carbocycles. The zero-order valence-corrected chi connectivity index (χ0v) is 23.6. The molecule has 0 radical (unpaired) electrons. The Bertz CT molecular complexity index is 1870. The van der Waals surface area contributed by atoms with Crippen LogP contribution in [0.2, 0.25) is 0 Å². The summed E-state index contributed by atoms with van der Waals surface area (Å²) >= 11 is 0. The van der Waals surface area contributed by atoms with E-state index in [9.17, 15) is 14.7 Å². The van der Waals surface area contributed by atoms with E-state index in [1.807, 2.05) is 30.3 Å². The standard InChI is InChI=1S/C33H29N7O3.2Na.2H/c1-2-8-26-34-25-17-18-39-29(31(42)27(33(39)43)30(41)22-9-4-3-5-10-22)28(25)40(26)19-20-13-15-21(16-14-20)23-11-6-7-12-24(23)32-35-37-38-36-32;;;;/h3-7,9-16,29,42H,2,8,17-19H2,1H3,(H,35,36,37,38);;;;. The Balaban J connectivity index is 0.00000200. The second-order valence-electron chi connectivity index (χ2n) is 10.8. The summed E-state index contributed by atoms with van der Waals surface area (Å²) in [7, 11) is 0. The molecule has 4 heterocycles. The van der Waals surface area contributed by atoms with Gasteiger partial charge in [0.05, 0.1) is 11.4 Å². The first kappa shape index (κ1) is 33.0. The third-order valence-corrected chi connectivity index (χ3v) is 8.18. The number of ketones is 1. The van der Waals surface area contributed by atoms with Gasteiger partial charge in [-0.15, -0.1) is 5.10 Å². The van der Waals surface area contributed by atoms with Gasteiger partial charge in [-0.2, -0.15) is 0 Å². The van der Waals surface area contributed by atoms with Crippen molar-refractivity contribution in [3.8, 4) is 22.5 Å². The van der Waals surface area contributed by atoms with Gasteiger partial charge in [0.15, 0.2) is 5.82 Å². The van der Waals surface area contributed by atoms with Crippen LogP contribution in [-0.2, 0) is 24.2 Å². The second kappa shape index (κ2) is 13.9. The summed E-state index contributed by atoms with van der Waals surface area (Å²) in [4.78, 5) is 33.4. The minimum absolute atomic E-state index is 0. The van der Waals surface area contributed by atoms with Crippen LogP contribution in [0.3, 0.4) is 0 Å². The van der Waals surface area contributed by atoms with E-state index in [0.29, 0.717) is 30.9 Å². The van der Waals surface area contributed by atoms with Crippen molar-refractivity contribution in [2.45, 2.75) is 38.8 Å². The fourth-order valence-corrected chi connectivity index (χ4v) is 6.17. The molecule has 0 saturated heterocycles. The summed E-state index contributed by atoms with van der Waals surface area (Å²) in [6.07, 6.45) is 2.22. The number of carbonyl (C=O) groups is 2. The van der Waals surface area contributed by atoms with Crippen molar-refractivity contribution < 1.29 is 14.7 Å². The van der Waals surface area contributed by atoms with Crippen LogP contribution < -0.4 is 0 Å². The number of amides is 1. The van der Waals surface area contributed by atoms with Gasteiger partial charge in [0.2, 0.25) is 5.78 Å². The van der Waals surface area contributed by atoms with Crippen LogP contribution in [0.25, 0.3) is 22.5 Å². The zero-order valence-electron chi connectivity index (χ0n) is 23.6. The van der Waals surface area contributed by atoms with Crippen molar-refractivity contribution in [3.05, 3.63) is 119 Å². The Kier molecular flexibility index (Phi) is 10.2. The summed E-state index contributed by atoms with van der Waals surface area (Å²) in [5.41, 5.74) is 5.85. The molecule has 0 aliphatic carbocycles. The number of imidazole rings is 1. The third kappa shape index (κ3) is 5.98. The molecule has 218 valence electrons. The van der Waals surface area contributed by atoms with E-state index in [1.165, 1.54) is 0 Å². The van der Waals surface area contributed by atoms with Gasteiger partial charge >= 0.3 is 59.1 Å². The average molecular weight is 620 g/mol. The summed E-state index contributed by atoms with van der Waals surface area (Å²) < 4.78 is 2.12. The summed E-state index contributed by atoms with van der Waals surface area (Å²) in [5, 5.41) is 25.8. The molecule has 0 saturated carbocycles. The van der Waals surface area contributed by atoms with Gasteiger partial charge in [0.25, 0.3) is 5.91 Å². The fraction of sp³-hybridized carbons (Fsp3) is 0.212. The monoisotopic (exact) mass is 619 g/mol. The summed E-state index contributed by atoms with van der Waals surface area (Å²) in [6, 6.07) is 24.1. The van der Waals surface area contributed by atoms with E-state index in [0.717, 1.165) is 52.3 Å². The van der Waals surface area contributed by atoms with Crippen molar-refractivity contribution in [2.24, 2.45) is 0 Å². The Hall–Kier alpha value is -3.38.